The van der Waals surface area contributed by atoms with E-state index in [0.717, 1.165) is 173 Å². The number of aliphatic hydroxyl groups is 3. The second-order valence-corrected chi connectivity index (χ2v) is 41.7. The summed E-state index contributed by atoms with van der Waals surface area (Å²) >= 11 is 5.29. The zero-order valence-corrected chi connectivity index (χ0v) is 85.8. The quantitative estimate of drug-likeness (QED) is 0.0130. The van der Waals surface area contributed by atoms with Crippen LogP contribution in [0.25, 0.3) is 40.9 Å². The maximum absolute atomic E-state index is 14.2. The number of carbonyl (C=O) groups excluding carboxylic acids is 4. The molecule has 4 aromatic carbocycles. The van der Waals surface area contributed by atoms with Crippen molar-refractivity contribution in [1.29, 1.82) is 0 Å². The van der Waals surface area contributed by atoms with Crippen molar-refractivity contribution < 1.29 is 80.2 Å². The van der Waals surface area contributed by atoms with Gasteiger partial charge in [-0.05, 0) is 293 Å². The third-order valence-corrected chi connectivity index (χ3v) is 31.5. The molecule has 9 aromatic heterocycles. The van der Waals surface area contributed by atoms with Gasteiger partial charge in [-0.25, -0.2) is 62.4 Å². The Morgan fingerprint density at radius 1 is 0.407 bits per heavy atom. The van der Waals surface area contributed by atoms with Crippen LogP contribution in [0.3, 0.4) is 0 Å². The second kappa shape index (κ2) is 50.9. The summed E-state index contributed by atoms with van der Waals surface area (Å²) in [5, 5.41) is 57.8. The number of ether oxygens (including phenoxy) is 5. The number of aromatic nitrogens is 9. The first-order valence-corrected chi connectivity index (χ1v) is 53.1. The van der Waals surface area contributed by atoms with Crippen molar-refractivity contribution in [1.82, 2.24) is 80.8 Å². The molecule has 4 amide bonds. The largest absolute Gasteiger partial charge is 0.488 e. The van der Waals surface area contributed by atoms with Gasteiger partial charge in [0.05, 0.1) is 113 Å². The number of carbonyl (C=O) groups is 4. The lowest BCUT2D eigenvalue weighted by Crippen LogP contribution is -2.28. The number of likely N-dealkylation sites (tertiary alicyclic amines) is 2. The highest BCUT2D eigenvalue weighted by Crippen LogP contribution is 2.45. The molecule has 0 spiro atoms. The van der Waals surface area contributed by atoms with Crippen LogP contribution >= 0.6 is 45.3 Å². The number of amides is 4. The Morgan fingerprint density at radius 3 is 1.06 bits per heavy atom. The molecule has 145 heavy (non-hydrogen) atoms. The van der Waals surface area contributed by atoms with Gasteiger partial charge in [0, 0.05) is 63.9 Å². The summed E-state index contributed by atoms with van der Waals surface area (Å²) in [4.78, 5) is 103. The van der Waals surface area contributed by atoms with Gasteiger partial charge in [0.15, 0.2) is 6.39 Å². The molecule has 19 rings (SSSR count). The minimum Gasteiger partial charge on any atom is -0.488 e. The number of hydrogen-bond acceptors (Lipinski definition) is 33. The summed E-state index contributed by atoms with van der Waals surface area (Å²) in [6, 6.07) is 17.4. The number of nitrogens with one attached hydrogen (secondary N) is 8. The molecule has 2 saturated heterocycles. The fraction of sp³-hybridized carbons (Fsp3) is 0.471. The Balaban J connectivity index is 0.000000139. The number of fused-ring (bicyclic) bond motifs is 4. The lowest BCUT2D eigenvalue weighted by atomic mass is 9.95. The number of rotatable bonds is 35. The molecule has 11 heterocycles. The molecule has 0 unspecified atom stereocenters. The molecule has 0 radical (unpaired) electrons. The molecule has 4 aliphatic carbocycles. The van der Waals surface area contributed by atoms with Crippen LogP contribution in [-0.2, 0) is 11.3 Å². The fourth-order valence-corrected chi connectivity index (χ4v) is 23.2. The van der Waals surface area contributed by atoms with E-state index in [9.17, 15) is 52.1 Å². The fourth-order valence-electron chi connectivity index (χ4n) is 19.0. The van der Waals surface area contributed by atoms with Crippen molar-refractivity contribution in [2.75, 3.05) is 108 Å². The van der Waals surface area contributed by atoms with Crippen molar-refractivity contribution in [3.8, 4) is 23.0 Å². The van der Waals surface area contributed by atoms with Crippen LogP contribution in [-0.4, -0.2) is 234 Å². The highest BCUT2D eigenvalue weighted by atomic mass is 32.1. The Labute approximate surface area is 854 Å². The molecule has 6 fully saturated rings. The number of aryl methyl sites for hydroxylation is 4. The maximum atomic E-state index is 14.2. The van der Waals surface area contributed by atoms with Gasteiger partial charge in [-0.15, -0.1) is 45.3 Å². The minimum atomic E-state index is -0.411. The first-order chi connectivity index (χ1) is 70.3. The first-order valence-electron chi connectivity index (χ1n) is 49.8. The van der Waals surface area contributed by atoms with E-state index in [1.165, 1.54) is 151 Å². The molecule has 4 atom stereocenters. The molecular weight excluding hydrogens is 1940 g/mol. The Bertz CT molecular complexity index is 6570. The number of oxazole rings is 1. The van der Waals surface area contributed by atoms with Gasteiger partial charge in [-0.3, -0.25) is 19.2 Å². The summed E-state index contributed by atoms with van der Waals surface area (Å²) in [6.45, 7) is 17.2. The average Bonchev–Trinajstić information content (AvgIpc) is 1.64. The van der Waals surface area contributed by atoms with E-state index in [0.29, 0.717) is 172 Å². The van der Waals surface area contributed by atoms with Gasteiger partial charge in [0.2, 0.25) is 0 Å². The molecule has 33 nitrogen and oxygen atoms in total. The predicted octanol–water partition coefficient (Wildman–Crippen LogP) is 18.9. The first kappa shape index (κ1) is 106. The Hall–Kier alpha value is -12.0. The molecule has 2 aliphatic heterocycles. The molecule has 41 heteroatoms. The highest BCUT2D eigenvalue weighted by Gasteiger charge is 2.32. The zero-order valence-electron chi connectivity index (χ0n) is 82.5. The molecule has 4 saturated carbocycles. The van der Waals surface area contributed by atoms with Crippen molar-refractivity contribution in [3.05, 3.63) is 181 Å². The molecule has 0 bridgehead atoms. The number of benzene rings is 4. The van der Waals surface area contributed by atoms with Gasteiger partial charge in [0.25, 0.3) is 23.6 Å². The van der Waals surface area contributed by atoms with Crippen molar-refractivity contribution in [2.45, 2.75) is 231 Å². The van der Waals surface area contributed by atoms with Crippen molar-refractivity contribution >= 4 is 156 Å². The monoisotopic (exact) mass is 2070 g/mol. The van der Waals surface area contributed by atoms with Crippen LogP contribution in [0.15, 0.2) is 115 Å². The average molecular weight is 2070 g/mol. The molecule has 11 N–H and O–H groups in total. The Morgan fingerprint density at radius 2 is 0.731 bits per heavy atom. The van der Waals surface area contributed by atoms with Crippen LogP contribution in [0.2, 0.25) is 0 Å². The van der Waals surface area contributed by atoms with E-state index in [2.05, 4.69) is 102 Å². The number of anilines is 8. The lowest BCUT2D eigenvalue weighted by molar-refractivity contribution is 0.0329. The van der Waals surface area contributed by atoms with Crippen molar-refractivity contribution in [3.63, 3.8) is 0 Å². The van der Waals surface area contributed by atoms with E-state index < -0.39 is 29.7 Å². The van der Waals surface area contributed by atoms with Gasteiger partial charge in [-0.1, -0.05) is 0 Å². The summed E-state index contributed by atoms with van der Waals surface area (Å²) in [7, 11) is 5.74. The van der Waals surface area contributed by atoms with Gasteiger partial charge >= 0.3 is 0 Å². The van der Waals surface area contributed by atoms with Crippen molar-refractivity contribution in [2.24, 2.45) is 0 Å². The third-order valence-electron chi connectivity index (χ3n) is 26.7. The smallest absolute Gasteiger partial charge is 0.262 e. The summed E-state index contributed by atoms with van der Waals surface area (Å²) in [6.07, 6.45) is 27.3. The van der Waals surface area contributed by atoms with Crippen LogP contribution < -0.4 is 61.5 Å². The number of aliphatic hydroxyl groups excluding tert-OH is 3. The molecule has 6 aliphatic rings. The van der Waals surface area contributed by atoms with E-state index in [4.69, 9.17) is 28.1 Å². The lowest BCUT2D eigenvalue weighted by Gasteiger charge is -2.28. The predicted molar refractivity (Wildman–Crippen MR) is 556 cm³/mol. The molecule has 772 valence electrons. The summed E-state index contributed by atoms with van der Waals surface area (Å²) < 4.78 is 91.6. The number of methoxy groups -OCH3 is 1. The van der Waals surface area contributed by atoms with Gasteiger partial charge in [0.1, 0.15) is 132 Å². The van der Waals surface area contributed by atoms with Gasteiger partial charge < -0.3 is 101 Å². The van der Waals surface area contributed by atoms with Gasteiger partial charge in [-0.2, -0.15) is 0 Å². The third kappa shape index (κ3) is 28.2. The summed E-state index contributed by atoms with van der Waals surface area (Å²) in [5.41, 5.74) is 5.46. The standard InChI is InChI=1S/C28H36FN5O3S.C27H34FN5O3S.C25H32FN5O3S.C24H24FN5O4S/c1-18-24-26(33-22-11-6-19(29)16-23(22)37-21-9-7-20(36-2)8-10-21)31-17-32-28(24)38-25(18)27(35)30-12-5-15-34-13-3-4-14-34;1-17-23-25(32-21-9-8-18(28)14-22(21)36-20-7-4-6-19(34)15-20)30-16-31-27(23)37-24(17)26(35)29-10-5-13-33-11-2-3-12-33;1-15-21-23(28-14-29-25(21)35-22(15)24(33)27-10-5-11-31(2)3)30-19-9-8-16(26)12-20(19)34-18-7-4-6-17(32)13-18;1-13-20-22(28-11-29-24(20)35-21(13)23(32)27-10-17-9-26-12-33-17)30-18-7-2-14(25)8-19(18)34-16-5-3-15(31)4-6-16/h6,11,16-17,20-21H,3-5,7-10,12-15H2,1-2H3,(H,30,35)(H,31,32,33);8-9,14,16,19-20,34H,2-7,10-13,15H2,1H3,(H,29,35)(H,30,31,32);8-9,12,14,17-18,32H,4-7,10-11,13H2,1-3H3,(H,27,33)(H,28,29,30);2,7-9,11-12,15-16,31H,3-6,10H2,1H3,(H,27,32)(H,28,29,30)/t;19-,20-;17-,18-;/m.00./s1. The molecular formula is C104H126F4N20O13S4. The van der Waals surface area contributed by atoms with E-state index in [-0.39, 0.29) is 72.6 Å². The van der Waals surface area contributed by atoms with Crippen LogP contribution in [0.5, 0.6) is 23.0 Å². The SMILES string of the molecule is COC1CCC(Oc2cc(F)ccc2Nc2ncnc3sc(C(=O)NCCCN4CCCC4)c(C)c23)CC1.Cc1c(C(=O)NCCCN(C)C)sc2ncnc(Nc3ccc(F)cc3O[C@H]3CCC[C@H](O)C3)c12.Cc1c(C(=O)NCCCN2CCCC2)sc2ncnc(Nc3ccc(F)cc3O[C@H]3CCC[C@H](O)C3)c12.Cc1c(C(=O)NCc2cnco2)sc2ncnc(Nc3ccc(F)cc3OC3CCC(O)CC3)c12. The number of thiophene rings is 4. The van der Waals surface area contributed by atoms with E-state index in [1.807, 2.05) is 41.8 Å². The number of halogens is 4. The van der Waals surface area contributed by atoms with E-state index in [1.54, 1.807) is 37.6 Å². The number of nitrogens with zero attached hydrogens (tertiary/aromatic N) is 12. The van der Waals surface area contributed by atoms with Crippen LogP contribution in [0, 0.1) is 51.0 Å². The van der Waals surface area contributed by atoms with Crippen LogP contribution in [0.1, 0.15) is 214 Å². The highest BCUT2D eigenvalue weighted by molar-refractivity contribution is 7.22. The normalized spacial score (nSPS) is 19.1. The minimum absolute atomic E-state index is 0.00202. The second-order valence-electron chi connectivity index (χ2n) is 37.7. The van der Waals surface area contributed by atoms with Crippen LogP contribution in [0.4, 0.5) is 63.6 Å². The molecule has 13 aromatic rings. The topological polar surface area (TPSA) is 410 Å². The Kier molecular flexibility index (Phi) is 37.1. The zero-order chi connectivity index (χ0) is 102. The number of hydrogen-bond donors (Lipinski definition) is 11. The maximum Gasteiger partial charge on any atom is 0.262 e. The summed E-state index contributed by atoms with van der Waals surface area (Å²) in [5.74, 6) is 2.07. The van der Waals surface area contributed by atoms with E-state index >= 15 is 0 Å².